The maximum absolute atomic E-state index is 12.7. The van der Waals surface area contributed by atoms with Gasteiger partial charge in [0.25, 0.3) is 5.91 Å². The number of carboxylic acid groups (broad SMARTS) is 1. The third-order valence-corrected chi connectivity index (χ3v) is 4.66. The van der Waals surface area contributed by atoms with E-state index in [9.17, 15) is 9.59 Å². The first-order valence-corrected chi connectivity index (χ1v) is 9.14. The van der Waals surface area contributed by atoms with Gasteiger partial charge >= 0.3 is 5.97 Å². The Labute approximate surface area is 158 Å². The highest BCUT2D eigenvalue weighted by Crippen LogP contribution is 2.21. The summed E-state index contributed by atoms with van der Waals surface area (Å²) in [5, 5.41) is 12.0. The van der Waals surface area contributed by atoms with Crippen LogP contribution < -0.4 is 10.2 Å². The first-order valence-electron chi connectivity index (χ1n) is 9.14. The lowest BCUT2D eigenvalue weighted by Crippen LogP contribution is -2.36. The van der Waals surface area contributed by atoms with Crippen LogP contribution in [0.5, 0.6) is 0 Å². The lowest BCUT2D eigenvalue weighted by Gasteiger charge is -2.29. The van der Waals surface area contributed by atoms with E-state index in [-0.39, 0.29) is 18.4 Å². The number of benzene rings is 2. The highest BCUT2D eigenvalue weighted by atomic mass is 16.5. The summed E-state index contributed by atoms with van der Waals surface area (Å²) < 4.78 is 5.36. The van der Waals surface area contributed by atoms with E-state index in [1.165, 1.54) is 0 Å². The molecule has 27 heavy (non-hydrogen) atoms. The molecule has 6 nitrogen and oxygen atoms in total. The Morgan fingerprint density at radius 3 is 2.33 bits per heavy atom. The van der Waals surface area contributed by atoms with E-state index in [0.717, 1.165) is 24.3 Å². The zero-order valence-corrected chi connectivity index (χ0v) is 15.1. The van der Waals surface area contributed by atoms with Gasteiger partial charge in [-0.25, -0.2) is 0 Å². The second kappa shape index (κ2) is 9.19. The van der Waals surface area contributed by atoms with E-state index in [4.69, 9.17) is 9.84 Å². The van der Waals surface area contributed by atoms with Crippen LogP contribution in [0.4, 0.5) is 5.69 Å². The number of ether oxygens (including phenoxy) is 1. The van der Waals surface area contributed by atoms with E-state index >= 15 is 0 Å². The van der Waals surface area contributed by atoms with Crippen molar-refractivity contribution in [3.8, 4) is 0 Å². The van der Waals surface area contributed by atoms with Crippen molar-refractivity contribution in [2.75, 3.05) is 31.2 Å². The van der Waals surface area contributed by atoms with Gasteiger partial charge in [-0.15, -0.1) is 0 Å². The van der Waals surface area contributed by atoms with Crippen LogP contribution in [0.1, 0.15) is 34.8 Å². The number of hydrogen-bond donors (Lipinski definition) is 2. The van der Waals surface area contributed by atoms with Crippen molar-refractivity contribution in [1.82, 2.24) is 5.32 Å². The Morgan fingerprint density at radius 1 is 1.04 bits per heavy atom. The molecule has 3 rings (SSSR count). The Balaban J connectivity index is 1.68. The molecule has 0 saturated carbocycles. The van der Waals surface area contributed by atoms with Crippen LogP contribution in [0.2, 0.25) is 0 Å². The van der Waals surface area contributed by atoms with Gasteiger partial charge in [0.15, 0.2) is 0 Å². The molecule has 1 fully saturated rings. The van der Waals surface area contributed by atoms with Crippen molar-refractivity contribution in [1.29, 1.82) is 0 Å². The molecule has 142 valence electrons. The maximum Gasteiger partial charge on any atom is 0.303 e. The molecule has 0 aromatic heterocycles. The van der Waals surface area contributed by atoms with Gasteiger partial charge in [0.05, 0.1) is 19.3 Å². The molecular weight excluding hydrogens is 344 g/mol. The molecule has 2 aromatic carbocycles. The summed E-state index contributed by atoms with van der Waals surface area (Å²) in [4.78, 5) is 25.8. The molecule has 6 heteroatoms. The predicted molar refractivity (Wildman–Crippen MR) is 103 cm³/mol. The standard InChI is InChI=1S/C21H24N2O4/c24-20(25)11-10-19(16-4-2-1-3-5-16)22-21(26)17-6-8-18(9-7-17)23-12-14-27-15-13-23/h1-9,19H,10-15H2,(H,22,26)(H,24,25). The predicted octanol–water partition coefficient (Wildman–Crippen LogP) is 2.86. The van der Waals surface area contributed by atoms with Crippen LogP contribution in [0.25, 0.3) is 0 Å². The summed E-state index contributed by atoms with van der Waals surface area (Å²) in [6, 6.07) is 16.6. The minimum Gasteiger partial charge on any atom is -0.481 e. The fraction of sp³-hybridized carbons (Fsp3) is 0.333. The molecule has 0 aliphatic carbocycles. The second-order valence-corrected chi connectivity index (χ2v) is 6.52. The first kappa shape index (κ1) is 18.9. The average Bonchev–Trinajstić information content (AvgIpc) is 2.72. The third-order valence-electron chi connectivity index (χ3n) is 4.66. The topological polar surface area (TPSA) is 78.9 Å². The number of amides is 1. The molecule has 1 atom stereocenters. The highest BCUT2D eigenvalue weighted by Gasteiger charge is 2.18. The quantitative estimate of drug-likeness (QED) is 0.786. The number of hydrogen-bond acceptors (Lipinski definition) is 4. The smallest absolute Gasteiger partial charge is 0.303 e. The molecule has 1 aliphatic rings. The van der Waals surface area contributed by atoms with Crippen LogP contribution in [0.3, 0.4) is 0 Å². The number of carbonyl (C=O) groups excluding carboxylic acids is 1. The molecule has 2 aromatic rings. The van der Waals surface area contributed by atoms with Crippen molar-refractivity contribution in [3.63, 3.8) is 0 Å². The molecule has 1 heterocycles. The normalized spacial score (nSPS) is 15.2. The van der Waals surface area contributed by atoms with Gasteiger partial charge in [-0.1, -0.05) is 30.3 Å². The van der Waals surface area contributed by atoms with Crippen LogP contribution in [-0.4, -0.2) is 43.3 Å². The molecule has 0 bridgehead atoms. The van der Waals surface area contributed by atoms with E-state index in [0.29, 0.717) is 25.2 Å². The fourth-order valence-electron chi connectivity index (χ4n) is 3.16. The van der Waals surface area contributed by atoms with E-state index in [2.05, 4.69) is 10.2 Å². The molecular formula is C21H24N2O4. The largest absolute Gasteiger partial charge is 0.481 e. The van der Waals surface area contributed by atoms with Crippen LogP contribution in [0.15, 0.2) is 54.6 Å². The van der Waals surface area contributed by atoms with Gasteiger partial charge in [-0.3, -0.25) is 9.59 Å². The number of carbonyl (C=O) groups is 2. The Morgan fingerprint density at radius 2 is 1.70 bits per heavy atom. The molecule has 0 spiro atoms. The number of aliphatic carboxylic acids is 1. The number of nitrogens with zero attached hydrogens (tertiary/aromatic N) is 1. The van der Waals surface area contributed by atoms with Gasteiger partial charge in [0, 0.05) is 30.8 Å². The minimum atomic E-state index is -0.875. The van der Waals surface area contributed by atoms with Gasteiger partial charge in [-0.2, -0.15) is 0 Å². The average molecular weight is 368 g/mol. The summed E-state index contributed by atoms with van der Waals surface area (Å²) in [5.74, 6) is -1.08. The first-order chi connectivity index (χ1) is 13.1. The van der Waals surface area contributed by atoms with Crippen molar-refractivity contribution in [3.05, 3.63) is 65.7 Å². The van der Waals surface area contributed by atoms with Crippen molar-refractivity contribution in [2.24, 2.45) is 0 Å². The fourth-order valence-corrected chi connectivity index (χ4v) is 3.16. The summed E-state index contributed by atoms with van der Waals surface area (Å²) >= 11 is 0. The number of carboxylic acids is 1. The number of anilines is 1. The molecule has 1 saturated heterocycles. The van der Waals surface area contributed by atoms with Crippen molar-refractivity contribution < 1.29 is 19.4 Å². The summed E-state index contributed by atoms with van der Waals surface area (Å²) in [6.07, 6.45) is 0.340. The molecule has 0 radical (unpaired) electrons. The Hall–Kier alpha value is -2.86. The number of nitrogens with one attached hydrogen (secondary N) is 1. The maximum atomic E-state index is 12.7. The third kappa shape index (κ3) is 5.31. The molecule has 1 amide bonds. The Bertz CT molecular complexity index is 756. The molecule has 1 aliphatic heterocycles. The lowest BCUT2D eigenvalue weighted by molar-refractivity contribution is -0.137. The van der Waals surface area contributed by atoms with Gasteiger partial charge in [0.1, 0.15) is 0 Å². The van der Waals surface area contributed by atoms with E-state index < -0.39 is 5.97 Å². The molecule has 2 N–H and O–H groups in total. The van der Waals surface area contributed by atoms with Crippen LogP contribution in [0, 0.1) is 0 Å². The highest BCUT2D eigenvalue weighted by molar-refractivity contribution is 5.94. The SMILES string of the molecule is O=C(O)CCC(NC(=O)c1ccc(N2CCOCC2)cc1)c1ccccc1. The van der Waals surface area contributed by atoms with Crippen molar-refractivity contribution in [2.45, 2.75) is 18.9 Å². The Kier molecular flexibility index (Phi) is 6.44. The summed E-state index contributed by atoms with van der Waals surface area (Å²) in [6.45, 7) is 3.11. The number of rotatable bonds is 7. The lowest BCUT2D eigenvalue weighted by atomic mass is 10.0. The zero-order valence-electron chi connectivity index (χ0n) is 15.1. The van der Waals surface area contributed by atoms with E-state index in [1.54, 1.807) is 12.1 Å². The van der Waals surface area contributed by atoms with Gasteiger partial charge in [-0.05, 0) is 36.2 Å². The monoisotopic (exact) mass is 368 g/mol. The van der Waals surface area contributed by atoms with Gasteiger partial charge in [0.2, 0.25) is 0 Å². The van der Waals surface area contributed by atoms with Crippen molar-refractivity contribution >= 4 is 17.6 Å². The second-order valence-electron chi connectivity index (χ2n) is 6.52. The zero-order chi connectivity index (χ0) is 19.1. The summed E-state index contributed by atoms with van der Waals surface area (Å²) in [7, 11) is 0. The molecule has 1 unspecified atom stereocenters. The van der Waals surface area contributed by atoms with Crippen LogP contribution >= 0.6 is 0 Å². The van der Waals surface area contributed by atoms with Gasteiger partial charge < -0.3 is 20.1 Å². The summed E-state index contributed by atoms with van der Waals surface area (Å²) in [5.41, 5.74) is 2.53. The van der Waals surface area contributed by atoms with Crippen LogP contribution in [-0.2, 0) is 9.53 Å². The number of morpholine rings is 1. The minimum absolute atomic E-state index is 0.00416. The van der Waals surface area contributed by atoms with E-state index in [1.807, 2.05) is 42.5 Å².